The SMILES string of the molecule is CCCCCCC(C)NC(=NC)NCCC(=O)N1CCN(c2ncccn2)CC1.I. The number of piperazine rings is 1. The van der Waals surface area contributed by atoms with Gasteiger partial charge in [-0.2, -0.15) is 0 Å². The second-order valence-electron chi connectivity index (χ2n) is 7.56. The quantitative estimate of drug-likeness (QED) is 0.209. The topological polar surface area (TPSA) is 85.8 Å². The van der Waals surface area contributed by atoms with Crippen LogP contribution in [0.2, 0.25) is 0 Å². The molecule has 1 saturated heterocycles. The molecular formula is C21H38IN7O. The molecule has 1 unspecified atom stereocenters. The fraction of sp³-hybridized carbons (Fsp3) is 0.714. The van der Waals surface area contributed by atoms with E-state index in [-0.39, 0.29) is 29.9 Å². The van der Waals surface area contributed by atoms with Gasteiger partial charge in [0.1, 0.15) is 0 Å². The zero-order valence-corrected chi connectivity index (χ0v) is 21.0. The van der Waals surface area contributed by atoms with Crippen LogP contribution in [-0.4, -0.2) is 72.5 Å². The lowest BCUT2D eigenvalue weighted by Gasteiger charge is -2.34. The molecule has 1 aromatic rings. The summed E-state index contributed by atoms with van der Waals surface area (Å²) in [6.07, 6.45) is 10.2. The molecule has 0 aromatic carbocycles. The average Bonchev–Trinajstić information content (AvgIpc) is 2.76. The second-order valence-corrected chi connectivity index (χ2v) is 7.56. The Morgan fingerprint density at radius 1 is 1.17 bits per heavy atom. The lowest BCUT2D eigenvalue weighted by atomic mass is 10.1. The van der Waals surface area contributed by atoms with E-state index in [1.807, 2.05) is 11.0 Å². The second kappa shape index (κ2) is 15.2. The third-order valence-electron chi connectivity index (χ3n) is 5.20. The highest BCUT2D eigenvalue weighted by atomic mass is 127. The first-order valence-electron chi connectivity index (χ1n) is 10.9. The maximum Gasteiger partial charge on any atom is 0.225 e. The minimum Gasteiger partial charge on any atom is -0.356 e. The molecule has 170 valence electrons. The van der Waals surface area contributed by atoms with Gasteiger partial charge in [-0.3, -0.25) is 9.79 Å². The summed E-state index contributed by atoms with van der Waals surface area (Å²) in [5.74, 6) is 1.68. The summed E-state index contributed by atoms with van der Waals surface area (Å²) < 4.78 is 0. The molecule has 1 atom stereocenters. The molecule has 9 heteroatoms. The molecule has 0 spiro atoms. The van der Waals surface area contributed by atoms with Crippen LogP contribution < -0.4 is 15.5 Å². The van der Waals surface area contributed by atoms with Crippen molar-refractivity contribution >= 4 is 41.8 Å². The Morgan fingerprint density at radius 3 is 2.50 bits per heavy atom. The van der Waals surface area contributed by atoms with E-state index in [4.69, 9.17) is 0 Å². The van der Waals surface area contributed by atoms with E-state index in [0.717, 1.165) is 31.4 Å². The minimum atomic E-state index is 0. The maximum absolute atomic E-state index is 12.5. The van der Waals surface area contributed by atoms with Crippen LogP contribution in [0.15, 0.2) is 23.5 Å². The Hall–Kier alpha value is -1.65. The minimum absolute atomic E-state index is 0. The van der Waals surface area contributed by atoms with E-state index in [1.165, 1.54) is 25.7 Å². The van der Waals surface area contributed by atoms with Gasteiger partial charge in [0.2, 0.25) is 11.9 Å². The smallest absolute Gasteiger partial charge is 0.225 e. The predicted octanol–water partition coefficient (Wildman–Crippen LogP) is 2.66. The number of unbranched alkanes of at least 4 members (excludes halogenated alkanes) is 3. The van der Waals surface area contributed by atoms with Gasteiger partial charge in [-0.1, -0.05) is 32.6 Å². The number of carbonyl (C=O) groups is 1. The Bertz CT molecular complexity index is 621. The third-order valence-corrected chi connectivity index (χ3v) is 5.20. The molecule has 1 aliphatic rings. The summed E-state index contributed by atoms with van der Waals surface area (Å²) >= 11 is 0. The van der Waals surface area contributed by atoms with Gasteiger partial charge in [0.05, 0.1) is 0 Å². The molecule has 1 amide bonds. The van der Waals surface area contributed by atoms with Gasteiger partial charge in [0, 0.05) is 64.6 Å². The summed E-state index contributed by atoms with van der Waals surface area (Å²) in [4.78, 5) is 29.4. The highest BCUT2D eigenvalue weighted by Gasteiger charge is 2.22. The van der Waals surface area contributed by atoms with Crippen molar-refractivity contribution in [2.45, 2.75) is 58.4 Å². The van der Waals surface area contributed by atoms with Crippen molar-refractivity contribution in [3.05, 3.63) is 18.5 Å². The number of nitrogens with one attached hydrogen (secondary N) is 2. The predicted molar refractivity (Wildman–Crippen MR) is 134 cm³/mol. The summed E-state index contributed by atoms with van der Waals surface area (Å²) in [6.45, 7) is 7.94. The Kier molecular flexibility index (Phi) is 13.4. The van der Waals surface area contributed by atoms with Crippen molar-refractivity contribution in [2.24, 2.45) is 4.99 Å². The molecule has 1 fully saturated rings. The van der Waals surface area contributed by atoms with Crippen LogP contribution in [0.1, 0.15) is 52.4 Å². The maximum atomic E-state index is 12.5. The van der Waals surface area contributed by atoms with E-state index in [0.29, 0.717) is 32.1 Å². The van der Waals surface area contributed by atoms with Crippen LogP contribution in [0.3, 0.4) is 0 Å². The van der Waals surface area contributed by atoms with Gasteiger partial charge >= 0.3 is 0 Å². The molecule has 0 saturated carbocycles. The third kappa shape index (κ3) is 9.44. The first-order valence-corrected chi connectivity index (χ1v) is 10.9. The molecule has 0 aliphatic carbocycles. The zero-order valence-electron chi connectivity index (χ0n) is 18.6. The zero-order chi connectivity index (χ0) is 20.9. The number of guanidine groups is 1. The van der Waals surface area contributed by atoms with E-state index in [1.54, 1.807) is 19.4 Å². The molecule has 2 heterocycles. The van der Waals surface area contributed by atoms with Gasteiger partial charge < -0.3 is 20.4 Å². The van der Waals surface area contributed by atoms with Crippen LogP contribution in [0, 0.1) is 0 Å². The number of hydrogen-bond acceptors (Lipinski definition) is 5. The number of anilines is 1. The summed E-state index contributed by atoms with van der Waals surface area (Å²) in [6, 6.07) is 2.19. The van der Waals surface area contributed by atoms with Crippen molar-refractivity contribution in [2.75, 3.05) is 44.7 Å². The van der Waals surface area contributed by atoms with Crippen LogP contribution in [-0.2, 0) is 4.79 Å². The van der Waals surface area contributed by atoms with E-state index in [2.05, 4.69) is 44.3 Å². The van der Waals surface area contributed by atoms with E-state index in [9.17, 15) is 4.79 Å². The van der Waals surface area contributed by atoms with Gasteiger partial charge in [-0.05, 0) is 19.4 Å². The van der Waals surface area contributed by atoms with Gasteiger partial charge in [0.25, 0.3) is 0 Å². The average molecular weight is 531 g/mol. The van der Waals surface area contributed by atoms with Crippen LogP contribution in [0.25, 0.3) is 0 Å². The van der Waals surface area contributed by atoms with Crippen molar-refractivity contribution in [1.29, 1.82) is 0 Å². The molecule has 0 bridgehead atoms. The van der Waals surface area contributed by atoms with Crippen LogP contribution in [0.4, 0.5) is 5.95 Å². The lowest BCUT2D eigenvalue weighted by molar-refractivity contribution is -0.131. The Balaban J connectivity index is 0.00000450. The molecule has 2 rings (SSSR count). The Labute approximate surface area is 198 Å². The largest absolute Gasteiger partial charge is 0.356 e. The van der Waals surface area contributed by atoms with Crippen molar-refractivity contribution in [3.63, 3.8) is 0 Å². The van der Waals surface area contributed by atoms with Crippen molar-refractivity contribution < 1.29 is 4.79 Å². The fourth-order valence-corrected chi connectivity index (χ4v) is 3.43. The molecular weight excluding hydrogens is 493 g/mol. The highest BCUT2D eigenvalue weighted by molar-refractivity contribution is 14.0. The number of amides is 1. The van der Waals surface area contributed by atoms with Crippen LogP contribution in [0.5, 0.6) is 0 Å². The van der Waals surface area contributed by atoms with Crippen LogP contribution >= 0.6 is 24.0 Å². The molecule has 1 aromatic heterocycles. The molecule has 30 heavy (non-hydrogen) atoms. The number of aliphatic imine (C=N–C) groups is 1. The summed E-state index contributed by atoms with van der Waals surface area (Å²) in [7, 11) is 1.77. The first kappa shape index (κ1) is 26.4. The summed E-state index contributed by atoms with van der Waals surface area (Å²) in [5, 5.41) is 6.68. The molecule has 0 radical (unpaired) electrons. The van der Waals surface area contributed by atoms with Gasteiger partial charge in [-0.25, -0.2) is 9.97 Å². The number of hydrogen-bond donors (Lipinski definition) is 2. The Morgan fingerprint density at radius 2 is 1.87 bits per heavy atom. The molecule has 8 nitrogen and oxygen atoms in total. The van der Waals surface area contributed by atoms with Crippen molar-refractivity contribution in [1.82, 2.24) is 25.5 Å². The van der Waals surface area contributed by atoms with Crippen molar-refractivity contribution in [3.8, 4) is 0 Å². The van der Waals surface area contributed by atoms with Gasteiger partial charge in [-0.15, -0.1) is 24.0 Å². The lowest BCUT2D eigenvalue weighted by Crippen LogP contribution is -2.50. The van der Waals surface area contributed by atoms with E-state index < -0.39 is 0 Å². The molecule has 1 aliphatic heterocycles. The standard InChI is InChI=1S/C21H37N7O.HI/c1-4-5-6-7-9-18(2)26-20(22-3)23-13-10-19(29)27-14-16-28(17-15-27)21-24-11-8-12-25-21;/h8,11-12,18H,4-7,9-10,13-17H2,1-3H3,(H2,22,23,26);1H. The van der Waals surface area contributed by atoms with Gasteiger partial charge in [0.15, 0.2) is 5.96 Å². The first-order chi connectivity index (χ1) is 14.1. The number of halogens is 1. The number of aromatic nitrogens is 2. The monoisotopic (exact) mass is 531 g/mol. The number of nitrogens with zero attached hydrogens (tertiary/aromatic N) is 5. The molecule has 2 N–H and O–H groups in total. The highest BCUT2D eigenvalue weighted by Crippen LogP contribution is 2.10. The summed E-state index contributed by atoms with van der Waals surface area (Å²) in [5.41, 5.74) is 0. The normalized spacial score (nSPS) is 15.4. The number of rotatable bonds is 10. The van der Waals surface area contributed by atoms with E-state index >= 15 is 0 Å². The number of carbonyl (C=O) groups excluding carboxylic acids is 1. The fourth-order valence-electron chi connectivity index (χ4n) is 3.43.